The minimum absolute atomic E-state index is 0.482. The van der Waals surface area contributed by atoms with E-state index >= 15 is 0 Å². The lowest BCUT2D eigenvalue weighted by molar-refractivity contribution is -0.111. The van der Waals surface area contributed by atoms with E-state index in [4.69, 9.17) is 0 Å². The number of halogens is 4. The number of rotatable bonds is 2. The molecule has 19 heavy (non-hydrogen) atoms. The van der Waals surface area contributed by atoms with E-state index in [0.29, 0.717) is 23.1 Å². The molecule has 1 heterocycles. The Bertz CT molecular complexity index is 462. The van der Waals surface area contributed by atoms with Crippen molar-refractivity contribution in [2.75, 3.05) is 13.1 Å². The predicted molar refractivity (Wildman–Crippen MR) is 73.6 cm³/mol. The molecule has 0 atom stereocenters. The summed E-state index contributed by atoms with van der Waals surface area (Å²) in [4.78, 5) is 1.45. The molecule has 0 unspecified atom stereocenters. The minimum Gasteiger partial charge on any atom is -0.368 e. The van der Waals surface area contributed by atoms with Crippen LogP contribution in [-0.2, 0) is 0 Å². The number of benzene rings is 1. The largest absolute Gasteiger partial charge is 0.431 e. The molecule has 0 radical (unpaired) electrons. The highest BCUT2D eigenvalue weighted by molar-refractivity contribution is 9.10. The Balaban J connectivity index is 2.35. The fourth-order valence-corrected chi connectivity index (χ4v) is 2.63. The van der Waals surface area contributed by atoms with Crippen molar-refractivity contribution in [2.45, 2.75) is 25.4 Å². The lowest BCUT2D eigenvalue weighted by Crippen LogP contribution is -2.35. The zero-order chi connectivity index (χ0) is 13.9. The average Bonchev–Trinajstić information content (AvgIpc) is 2.37. The van der Waals surface area contributed by atoms with Crippen LogP contribution < -0.4 is 0 Å². The monoisotopic (exact) mass is 333 g/mol. The van der Waals surface area contributed by atoms with Gasteiger partial charge in [0.05, 0.1) is 0 Å². The van der Waals surface area contributed by atoms with Crippen LogP contribution >= 0.6 is 15.9 Å². The van der Waals surface area contributed by atoms with Crippen molar-refractivity contribution in [3.8, 4) is 0 Å². The second-order valence-electron chi connectivity index (χ2n) is 4.60. The molecular weight excluding hydrogens is 319 g/mol. The van der Waals surface area contributed by atoms with Crippen LogP contribution in [0, 0.1) is 0 Å². The van der Waals surface area contributed by atoms with Gasteiger partial charge in [0.25, 0.3) is 0 Å². The number of allylic oxidation sites excluding steroid dienone is 1. The molecule has 0 amide bonds. The maximum absolute atomic E-state index is 13.2. The van der Waals surface area contributed by atoms with Crippen molar-refractivity contribution in [3.63, 3.8) is 0 Å². The van der Waals surface area contributed by atoms with E-state index in [2.05, 4.69) is 15.9 Å². The molecule has 0 spiro atoms. The number of piperidine rings is 1. The smallest absolute Gasteiger partial charge is 0.368 e. The van der Waals surface area contributed by atoms with Gasteiger partial charge in [0.1, 0.15) is 5.70 Å². The van der Waals surface area contributed by atoms with Crippen LogP contribution in [0.15, 0.2) is 34.4 Å². The molecule has 0 bridgehead atoms. The first-order valence-electron chi connectivity index (χ1n) is 6.27. The summed E-state index contributed by atoms with van der Waals surface area (Å²) in [6.45, 7) is 0.964. The highest BCUT2D eigenvalue weighted by Gasteiger charge is 2.37. The maximum Gasteiger partial charge on any atom is 0.431 e. The van der Waals surface area contributed by atoms with Crippen LogP contribution in [0.5, 0.6) is 0 Å². The van der Waals surface area contributed by atoms with Crippen LogP contribution in [-0.4, -0.2) is 24.2 Å². The van der Waals surface area contributed by atoms with Crippen molar-refractivity contribution >= 4 is 22.0 Å². The summed E-state index contributed by atoms with van der Waals surface area (Å²) >= 11 is 3.29. The minimum atomic E-state index is -4.31. The average molecular weight is 334 g/mol. The van der Waals surface area contributed by atoms with E-state index in [-0.39, 0.29) is 0 Å². The Morgan fingerprint density at radius 2 is 1.74 bits per heavy atom. The molecule has 1 aliphatic heterocycles. The van der Waals surface area contributed by atoms with Gasteiger partial charge < -0.3 is 4.90 Å². The van der Waals surface area contributed by atoms with E-state index in [1.165, 1.54) is 11.0 Å². The first-order chi connectivity index (χ1) is 8.98. The van der Waals surface area contributed by atoms with Crippen LogP contribution in [0.1, 0.15) is 24.8 Å². The van der Waals surface area contributed by atoms with Crippen molar-refractivity contribution in [1.82, 2.24) is 4.90 Å². The van der Waals surface area contributed by atoms with Gasteiger partial charge in [0.15, 0.2) is 0 Å². The number of nitrogens with zero attached hydrogens (tertiary/aromatic N) is 1. The third-order valence-corrected chi connectivity index (χ3v) is 3.91. The number of hydrogen-bond donors (Lipinski definition) is 0. The van der Waals surface area contributed by atoms with Gasteiger partial charge in [-0.05, 0) is 37.0 Å². The van der Waals surface area contributed by atoms with Gasteiger partial charge in [0, 0.05) is 17.6 Å². The maximum atomic E-state index is 13.2. The van der Waals surface area contributed by atoms with Crippen LogP contribution in [0.2, 0.25) is 0 Å². The lowest BCUT2D eigenvalue weighted by atomic mass is 10.1. The number of likely N-dealkylation sites (tertiary alicyclic amines) is 1. The van der Waals surface area contributed by atoms with Gasteiger partial charge in [-0.1, -0.05) is 34.1 Å². The fourth-order valence-electron chi connectivity index (χ4n) is 2.23. The Morgan fingerprint density at radius 1 is 1.11 bits per heavy atom. The molecule has 1 aromatic carbocycles. The zero-order valence-corrected chi connectivity index (χ0v) is 12.0. The third-order valence-electron chi connectivity index (χ3n) is 3.18. The van der Waals surface area contributed by atoms with Crippen molar-refractivity contribution < 1.29 is 13.2 Å². The first kappa shape index (κ1) is 14.4. The summed E-state index contributed by atoms with van der Waals surface area (Å²) in [5, 5.41) is 0. The molecule has 1 fully saturated rings. The van der Waals surface area contributed by atoms with E-state index in [1.807, 2.05) is 0 Å². The first-order valence-corrected chi connectivity index (χ1v) is 7.06. The molecule has 0 saturated carbocycles. The van der Waals surface area contributed by atoms with E-state index < -0.39 is 11.9 Å². The third kappa shape index (κ3) is 3.75. The van der Waals surface area contributed by atoms with Crippen molar-refractivity contribution in [2.24, 2.45) is 0 Å². The number of hydrogen-bond acceptors (Lipinski definition) is 1. The molecule has 0 aromatic heterocycles. The standard InChI is InChI=1S/C14H15BrF3N/c15-12-7-3-2-6-11(12)10-13(14(16,17)18)19-8-4-1-5-9-19/h2-3,6-7,10H,1,4-5,8-9H2/b13-10-. The fraction of sp³-hybridized carbons (Fsp3) is 0.429. The summed E-state index contributed by atoms with van der Waals surface area (Å²) in [5.41, 5.74) is 0.0134. The molecule has 1 aliphatic rings. The second-order valence-corrected chi connectivity index (χ2v) is 5.45. The highest BCUT2D eigenvalue weighted by Crippen LogP contribution is 2.33. The molecular formula is C14H15BrF3N. The predicted octanol–water partition coefficient (Wildman–Crippen LogP) is 4.84. The molecule has 5 heteroatoms. The summed E-state index contributed by atoms with van der Waals surface area (Å²) in [6, 6.07) is 6.95. The van der Waals surface area contributed by atoms with Gasteiger partial charge in [0.2, 0.25) is 0 Å². The van der Waals surface area contributed by atoms with E-state index in [0.717, 1.165) is 19.3 Å². The molecule has 1 nitrogen and oxygen atoms in total. The van der Waals surface area contributed by atoms with Crippen LogP contribution in [0.4, 0.5) is 13.2 Å². The zero-order valence-electron chi connectivity index (χ0n) is 10.4. The lowest BCUT2D eigenvalue weighted by Gasteiger charge is -2.32. The molecule has 0 aliphatic carbocycles. The summed E-state index contributed by atoms with van der Waals surface area (Å²) in [7, 11) is 0. The van der Waals surface area contributed by atoms with Gasteiger partial charge >= 0.3 is 6.18 Å². The van der Waals surface area contributed by atoms with Gasteiger partial charge in [-0.3, -0.25) is 0 Å². The summed E-state index contributed by atoms with van der Waals surface area (Å²) in [6.07, 6.45) is -0.425. The van der Waals surface area contributed by atoms with Crippen molar-refractivity contribution in [1.29, 1.82) is 0 Å². The van der Waals surface area contributed by atoms with E-state index in [1.54, 1.807) is 24.3 Å². The Kier molecular flexibility index (Phi) is 4.55. The molecule has 1 aromatic rings. The molecule has 104 valence electrons. The summed E-state index contributed by atoms with van der Waals surface area (Å²) in [5.74, 6) is 0. The Labute approximate surface area is 119 Å². The van der Waals surface area contributed by atoms with Gasteiger partial charge in [-0.15, -0.1) is 0 Å². The van der Waals surface area contributed by atoms with Gasteiger partial charge in [-0.2, -0.15) is 13.2 Å². The highest BCUT2D eigenvalue weighted by atomic mass is 79.9. The number of alkyl halides is 3. The quantitative estimate of drug-likeness (QED) is 0.748. The van der Waals surface area contributed by atoms with E-state index in [9.17, 15) is 13.2 Å². The summed E-state index contributed by atoms with van der Waals surface area (Å²) < 4.78 is 40.3. The van der Waals surface area contributed by atoms with Crippen LogP contribution in [0.3, 0.4) is 0 Å². The normalized spacial score (nSPS) is 17.7. The molecule has 0 N–H and O–H groups in total. The SMILES string of the molecule is FC(F)(F)/C(=C/c1ccccc1Br)N1CCCCC1. The molecule has 1 saturated heterocycles. The Morgan fingerprint density at radius 3 is 2.32 bits per heavy atom. The second kappa shape index (κ2) is 5.99. The topological polar surface area (TPSA) is 3.24 Å². The van der Waals surface area contributed by atoms with Crippen LogP contribution in [0.25, 0.3) is 6.08 Å². The van der Waals surface area contributed by atoms with Crippen molar-refractivity contribution in [3.05, 3.63) is 40.0 Å². The van der Waals surface area contributed by atoms with Gasteiger partial charge in [-0.25, -0.2) is 0 Å². The molecule has 2 rings (SSSR count). The Hall–Kier alpha value is -0.970.